The molecule has 0 amide bonds. The molecule has 0 saturated carbocycles. The van der Waals surface area contributed by atoms with Crippen LogP contribution in [0.25, 0.3) is 22.3 Å². The lowest BCUT2D eigenvalue weighted by atomic mass is 9.98. The number of ether oxygens (including phenoxy) is 3. The molecule has 4 nitrogen and oxygen atoms in total. The Balaban J connectivity index is 1.27. The molecule has 0 radical (unpaired) electrons. The highest BCUT2D eigenvalue weighted by Crippen LogP contribution is 2.37. The molecule has 4 aromatic rings. The van der Waals surface area contributed by atoms with Crippen LogP contribution in [0.5, 0.6) is 5.75 Å². The molecule has 1 heterocycles. The molecule has 0 aliphatic carbocycles. The van der Waals surface area contributed by atoms with Gasteiger partial charge in [-0.25, -0.2) is 17.6 Å². The van der Waals surface area contributed by atoms with Gasteiger partial charge in [-0.1, -0.05) is 50.5 Å². The van der Waals surface area contributed by atoms with Crippen LogP contribution in [0.15, 0.2) is 72.8 Å². The summed E-state index contributed by atoms with van der Waals surface area (Å²) in [4.78, 5) is 0. The summed E-state index contributed by atoms with van der Waals surface area (Å²) in [6.45, 7) is 2.96. The molecule has 0 N–H and O–H groups in total. The molecule has 5 rings (SSSR count). The van der Waals surface area contributed by atoms with Crippen molar-refractivity contribution in [3.8, 4) is 34.1 Å². The summed E-state index contributed by atoms with van der Waals surface area (Å²) >= 11 is 0. The molecule has 0 unspecified atom stereocenters. The first-order valence-electron chi connectivity index (χ1n) is 14.5. The van der Waals surface area contributed by atoms with Crippen LogP contribution in [0.3, 0.4) is 0 Å². The van der Waals surface area contributed by atoms with Gasteiger partial charge in [-0.2, -0.15) is 14.0 Å². The van der Waals surface area contributed by atoms with Gasteiger partial charge in [-0.3, -0.25) is 0 Å². The maximum Gasteiger partial charge on any atom is 0.429 e. The Labute approximate surface area is 256 Å². The van der Waals surface area contributed by atoms with Crippen LogP contribution in [0, 0.1) is 40.5 Å². The van der Waals surface area contributed by atoms with Crippen molar-refractivity contribution in [2.45, 2.75) is 45.0 Å². The summed E-state index contributed by atoms with van der Waals surface area (Å²) in [7, 11) is 0. The van der Waals surface area contributed by atoms with Crippen LogP contribution < -0.4 is 4.74 Å². The maximum absolute atomic E-state index is 15.0. The van der Waals surface area contributed by atoms with E-state index in [2.05, 4.69) is 6.92 Å². The van der Waals surface area contributed by atoms with Crippen molar-refractivity contribution in [2.75, 3.05) is 13.2 Å². The highest BCUT2D eigenvalue weighted by molar-refractivity contribution is 5.72. The smallest absolute Gasteiger partial charge is 0.429 e. The fourth-order valence-electron chi connectivity index (χ4n) is 5.19. The highest BCUT2D eigenvalue weighted by atomic mass is 19.3. The van der Waals surface area contributed by atoms with Crippen molar-refractivity contribution in [2.24, 2.45) is 5.92 Å². The first-order valence-corrected chi connectivity index (χ1v) is 14.5. The first-order chi connectivity index (χ1) is 21.6. The van der Waals surface area contributed by atoms with Crippen LogP contribution in [0.1, 0.15) is 55.6 Å². The van der Waals surface area contributed by atoms with Crippen LogP contribution >= 0.6 is 0 Å². The molecule has 0 atom stereocenters. The summed E-state index contributed by atoms with van der Waals surface area (Å²) in [5, 5.41) is 8.89. The van der Waals surface area contributed by atoms with E-state index in [0.717, 1.165) is 62.1 Å². The minimum absolute atomic E-state index is 0.0170. The number of benzene rings is 4. The topological polar surface area (TPSA) is 51.5 Å². The average Bonchev–Trinajstić information content (AvgIpc) is 3.01. The zero-order valence-corrected chi connectivity index (χ0v) is 24.3. The molecular formula is C35H29F6NO3. The molecule has 1 saturated heterocycles. The van der Waals surface area contributed by atoms with E-state index >= 15 is 13.2 Å². The third-order valence-electron chi connectivity index (χ3n) is 7.63. The Hall–Kier alpha value is -4.33. The number of nitriles is 1. The molecule has 0 bridgehead atoms. The van der Waals surface area contributed by atoms with Crippen LogP contribution in [0.2, 0.25) is 0 Å². The Bertz CT molecular complexity index is 1710. The normalized spacial score (nSPS) is 16.8. The Kier molecular flexibility index (Phi) is 9.80. The molecule has 0 spiro atoms. The number of rotatable bonds is 10. The monoisotopic (exact) mass is 625 g/mol. The second-order valence-electron chi connectivity index (χ2n) is 10.9. The van der Waals surface area contributed by atoms with E-state index in [-0.39, 0.29) is 39.3 Å². The van der Waals surface area contributed by atoms with Crippen molar-refractivity contribution in [3.63, 3.8) is 0 Å². The van der Waals surface area contributed by atoms with Crippen molar-refractivity contribution >= 4 is 0 Å². The molecular weight excluding hydrogens is 596 g/mol. The zero-order chi connectivity index (χ0) is 32.1. The molecule has 10 heteroatoms. The second-order valence-corrected chi connectivity index (χ2v) is 10.9. The number of hydrogen-bond acceptors (Lipinski definition) is 4. The molecule has 0 aromatic heterocycles. The van der Waals surface area contributed by atoms with Gasteiger partial charge in [0.2, 0.25) is 0 Å². The third-order valence-corrected chi connectivity index (χ3v) is 7.63. The van der Waals surface area contributed by atoms with Crippen molar-refractivity contribution in [3.05, 3.63) is 113 Å². The van der Waals surface area contributed by atoms with Gasteiger partial charge in [-0.15, -0.1) is 0 Å². The van der Waals surface area contributed by atoms with Crippen molar-refractivity contribution < 1.29 is 40.6 Å². The van der Waals surface area contributed by atoms with E-state index < -0.39 is 47.0 Å². The summed E-state index contributed by atoms with van der Waals surface area (Å²) in [5.41, 5.74) is -0.839. The maximum atomic E-state index is 15.0. The minimum atomic E-state index is -4.15. The van der Waals surface area contributed by atoms with Gasteiger partial charge >= 0.3 is 6.11 Å². The van der Waals surface area contributed by atoms with Gasteiger partial charge in [0.25, 0.3) is 0 Å². The number of nitrogens with zero attached hydrogens (tertiary/aromatic N) is 1. The van der Waals surface area contributed by atoms with Crippen molar-refractivity contribution in [1.82, 2.24) is 0 Å². The molecule has 234 valence electrons. The van der Waals surface area contributed by atoms with Gasteiger partial charge in [0.1, 0.15) is 35.1 Å². The fourth-order valence-corrected chi connectivity index (χ4v) is 5.19. The Morgan fingerprint density at radius 2 is 1.42 bits per heavy atom. The number of alkyl halides is 2. The largest absolute Gasteiger partial charge is 0.429 e. The summed E-state index contributed by atoms with van der Waals surface area (Å²) in [6.07, 6.45) is -0.819. The van der Waals surface area contributed by atoms with Gasteiger partial charge < -0.3 is 14.2 Å². The average molecular weight is 626 g/mol. The minimum Gasteiger partial charge on any atom is -0.429 e. The van der Waals surface area contributed by atoms with E-state index in [1.165, 1.54) is 30.3 Å². The van der Waals surface area contributed by atoms with Crippen molar-refractivity contribution in [1.29, 1.82) is 5.26 Å². The van der Waals surface area contributed by atoms with Crippen LogP contribution in [-0.2, 0) is 15.6 Å². The predicted octanol–water partition coefficient (Wildman–Crippen LogP) is 9.82. The number of unbranched alkanes of at least 4 members (excludes halogenated alkanes) is 2. The van der Waals surface area contributed by atoms with Gasteiger partial charge in [-0.05, 0) is 60.0 Å². The van der Waals surface area contributed by atoms with Crippen LogP contribution in [-0.4, -0.2) is 13.2 Å². The molecule has 4 aromatic carbocycles. The third kappa shape index (κ3) is 7.32. The summed E-state index contributed by atoms with van der Waals surface area (Å²) < 4.78 is 105. The SMILES string of the molecule is CCCCCC1COC(c2ccc(C(F)(F)Oc3ccc(-c4ccc(-c5ccc(C#N)c(F)c5)c(F)c4)c(F)c3)c(F)c2)OC1. The zero-order valence-electron chi connectivity index (χ0n) is 24.3. The lowest BCUT2D eigenvalue weighted by molar-refractivity contribution is -0.206. The van der Waals surface area contributed by atoms with E-state index in [0.29, 0.717) is 19.3 Å². The lowest BCUT2D eigenvalue weighted by Crippen LogP contribution is -2.27. The lowest BCUT2D eigenvalue weighted by Gasteiger charge is -2.30. The van der Waals surface area contributed by atoms with E-state index in [4.69, 9.17) is 19.5 Å². The van der Waals surface area contributed by atoms with E-state index in [1.54, 1.807) is 6.07 Å². The Morgan fingerprint density at radius 1 is 0.778 bits per heavy atom. The molecule has 1 aliphatic rings. The quantitative estimate of drug-likeness (QED) is 0.130. The standard InChI is InChI=1S/C35H29F6NO3/c1-2-3-4-5-21-19-43-34(44-20-21)24-9-13-29(33(39)16-24)35(40,41)45-26-10-12-28(32(38)17-26)23-8-11-27(31(37)15-23)22-6-7-25(18-42)30(36)14-22/h6-17,21,34H,2-5,19-20H2,1H3. The molecule has 45 heavy (non-hydrogen) atoms. The second kappa shape index (κ2) is 13.8. The van der Waals surface area contributed by atoms with Gasteiger partial charge in [0.05, 0.1) is 24.3 Å². The highest BCUT2D eigenvalue weighted by Gasteiger charge is 2.38. The number of halogens is 6. The molecule has 1 aliphatic heterocycles. The number of hydrogen-bond donors (Lipinski definition) is 0. The predicted molar refractivity (Wildman–Crippen MR) is 155 cm³/mol. The summed E-state index contributed by atoms with van der Waals surface area (Å²) in [5.74, 6) is -4.20. The van der Waals surface area contributed by atoms with E-state index in [9.17, 15) is 13.2 Å². The van der Waals surface area contributed by atoms with Gasteiger partial charge in [0.15, 0.2) is 6.29 Å². The van der Waals surface area contributed by atoms with Gasteiger partial charge in [0, 0.05) is 28.7 Å². The summed E-state index contributed by atoms with van der Waals surface area (Å²) in [6, 6.07) is 14.9. The Morgan fingerprint density at radius 3 is 2.02 bits per heavy atom. The van der Waals surface area contributed by atoms with Crippen LogP contribution in [0.4, 0.5) is 26.3 Å². The van der Waals surface area contributed by atoms with E-state index in [1.807, 2.05) is 0 Å². The molecule has 1 fully saturated rings. The fraction of sp³-hybridized carbons (Fsp3) is 0.286. The first kappa shape index (κ1) is 32.1.